The standard InChI is InChI=1S/C26H30F2N2O5S2/c1-3-18-5-4-6-19(11-18)16-29-17-26(31)25(14-20-12-21(27)15-22(28)13-20)30-37(34,35)24-9-7-23(8-10-24)36(2,32)33/h4-13,15,25-26,29-31H,3,14,16-17H2,1-2H3. The van der Waals surface area contributed by atoms with Gasteiger partial charge in [-0.05, 0) is 65.9 Å². The fraction of sp³-hybridized carbons (Fsp3) is 0.308. The lowest BCUT2D eigenvalue weighted by Gasteiger charge is -2.25. The van der Waals surface area contributed by atoms with E-state index in [1.165, 1.54) is 12.1 Å². The van der Waals surface area contributed by atoms with Crippen molar-refractivity contribution in [2.45, 2.75) is 48.2 Å². The predicted molar refractivity (Wildman–Crippen MR) is 137 cm³/mol. The molecule has 2 atom stereocenters. The van der Waals surface area contributed by atoms with Crippen LogP contribution >= 0.6 is 0 Å². The second-order valence-corrected chi connectivity index (χ2v) is 12.6. The van der Waals surface area contributed by atoms with Crippen LogP contribution in [0.3, 0.4) is 0 Å². The fourth-order valence-electron chi connectivity index (χ4n) is 3.84. The third-order valence-electron chi connectivity index (χ3n) is 5.79. The summed E-state index contributed by atoms with van der Waals surface area (Å²) in [6.45, 7) is 2.46. The molecule has 0 aliphatic heterocycles. The van der Waals surface area contributed by atoms with E-state index >= 15 is 0 Å². The summed E-state index contributed by atoms with van der Waals surface area (Å²) in [6.07, 6.45) is 0.426. The molecule has 0 aliphatic carbocycles. The van der Waals surface area contributed by atoms with E-state index in [1.54, 1.807) is 0 Å². The first-order valence-corrected chi connectivity index (χ1v) is 15.0. The highest BCUT2D eigenvalue weighted by atomic mass is 32.2. The molecule has 11 heteroatoms. The summed E-state index contributed by atoms with van der Waals surface area (Å²) in [5.41, 5.74) is 2.30. The molecule has 0 aliphatic rings. The summed E-state index contributed by atoms with van der Waals surface area (Å²) >= 11 is 0. The van der Waals surface area contributed by atoms with Crippen molar-refractivity contribution < 1.29 is 30.7 Å². The van der Waals surface area contributed by atoms with Crippen molar-refractivity contribution >= 4 is 19.9 Å². The molecule has 0 bridgehead atoms. The third-order valence-corrected chi connectivity index (χ3v) is 8.43. The molecule has 3 N–H and O–H groups in total. The average Bonchev–Trinajstić information content (AvgIpc) is 2.82. The molecule has 2 unspecified atom stereocenters. The van der Waals surface area contributed by atoms with Gasteiger partial charge in [0, 0.05) is 25.4 Å². The third kappa shape index (κ3) is 8.41. The first-order chi connectivity index (χ1) is 17.4. The van der Waals surface area contributed by atoms with Gasteiger partial charge in [-0.2, -0.15) is 0 Å². The van der Waals surface area contributed by atoms with Gasteiger partial charge < -0.3 is 10.4 Å². The van der Waals surface area contributed by atoms with Crippen molar-refractivity contribution in [3.63, 3.8) is 0 Å². The highest BCUT2D eigenvalue weighted by Gasteiger charge is 2.27. The molecule has 200 valence electrons. The van der Waals surface area contributed by atoms with Crippen LogP contribution < -0.4 is 10.0 Å². The van der Waals surface area contributed by atoms with Gasteiger partial charge in [-0.25, -0.2) is 30.3 Å². The number of nitrogens with one attached hydrogen (secondary N) is 2. The van der Waals surface area contributed by atoms with Gasteiger partial charge in [0.15, 0.2) is 9.84 Å². The molecule has 0 radical (unpaired) electrons. The van der Waals surface area contributed by atoms with Crippen LogP contribution in [0.2, 0.25) is 0 Å². The molecule has 0 saturated carbocycles. The normalized spacial score (nSPS) is 13.9. The van der Waals surface area contributed by atoms with Gasteiger partial charge in [0.2, 0.25) is 10.0 Å². The van der Waals surface area contributed by atoms with Gasteiger partial charge in [0.05, 0.1) is 21.9 Å². The van der Waals surface area contributed by atoms with E-state index in [0.717, 1.165) is 48.1 Å². The zero-order valence-electron chi connectivity index (χ0n) is 20.5. The minimum absolute atomic E-state index is 0.00560. The van der Waals surface area contributed by atoms with Gasteiger partial charge in [-0.3, -0.25) is 0 Å². The molecule has 3 rings (SSSR count). The molecule has 0 saturated heterocycles. The SMILES string of the molecule is CCc1cccc(CNCC(O)C(Cc2cc(F)cc(F)c2)NS(=O)(=O)c2ccc(S(C)(=O)=O)cc2)c1. The van der Waals surface area contributed by atoms with Gasteiger partial charge >= 0.3 is 0 Å². The van der Waals surface area contributed by atoms with Crippen LogP contribution in [0, 0.1) is 11.6 Å². The van der Waals surface area contributed by atoms with Crippen LogP contribution in [0.4, 0.5) is 8.78 Å². The first-order valence-electron chi connectivity index (χ1n) is 11.6. The number of sulfone groups is 1. The largest absolute Gasteiger partial charge is 0.390 e. The number of aliphatic hydroxyl groups is 1. The van der Waals surface area contributed by atoms with E-state index in [1.807, 2.05) is 31.2 Å². The second kappa shape index (κ2) is 12.2. The molecule has 7 nitrogen and oxygen atoms in total. The number of halogens is 2. The Morgan fingerprint density at radius 3 is 2.03 bits per heavy atom. The smallest absolute Gasteiger partial charge is 0.240 e. The molecule has 37 heavy (non-hydrogen) atoms. The van der Waals surface area contributed by atoms with Crippen LogP contribution in [0.5, 0.6) is 0 Å². The number of hydrogen-bond acceptors (Lipinski definition) is 6. The van der Waals surface area contributed by atoms with Crippen molar-refractivity contribution in [3.8, 4) is 0 Å². The van der Waals surface area contributed by atoms with E-state index in [-0.39, 0.29) is 28.3 Å². The Morgan fingerprint density at radius 1 is 0.838 bits per heavy atom. The Morgan fingerprint density at radius 2 is 1.43 bits per heavy atom. The minimum Gasteiger partial charge on any atom is -0.390 e. The highest BCUT2D eigenvalue weighted by Crippen LogP contribution is 2.17. The molecule has 3 aromatic rings. The Kier molecular flexibility index (Phi) is 9.54. The Hall–Kier alpha value is -2.70. The summed E-state index contributed by atoms with van der Waals surface area (Å²) in [6, 6.07) is 14.2. The number of benzene rings is 3. The summed E-state index contributed by atoms with van der Waals surface area (Å²) in [4.78, 5) is -0.263. The minimum atomic E-state index is -4.21. The molecule has 0 amide bonds. The van der Waals surface area contributed by atoms with Crippen molar-refractivity contribution in [3.05, 3.63) is 95.1 Å². The number of hydrogen-bond donors (Lipinski definition) is 3. The summed E-state index contributed by atoms with van der Waals surface area (Å²) in [5, 5.41) is 14.0. The molecule has 3 aromatic carbocycles. The second-order valence-electron chi connectivity index (χ2n) is 8.82. The number of aliphatic hydroxyl groups excluding tert-OH is 1. The molecule has 0 aromatic heterocycles. The van der Waals surface area contributed by atoms with Crippen molar-refractivity contribution in [2.75, 3.05) is 12.8 Å². The predicted octanol–water partition coefficient (Wildman–Crippen LogP) is 2.97. The fourth-order valence-corrected chi connectivity index (χ4v) is 5.74. The van der Waals surface area contributed by atoms with E-state index in [2.05, 4.69) is 10.0 Å². The zero-order valence-corrected chi connectivity index (χ0v) is 22.1. The van der Waals surface area contributed by atoms with Gasteiger partial charge in [-0.1, -0.05) is 31.2 Å². The molecule has 0 spiro atoms. The maximum absolute atomic E-state index is 13.8. The Labute approximate surface area is 216 Å². The van der Waals surface area contributed by atoms with E-state index < -0.39 is 43.6 Å². The van der Waals surface area contributed by atoms with Gasteiger partial charge in [-0.15, -0.1) is 0 Å². The summed E-state index contributed by atoms with van der Waals surface area (Å²) < 4.78 is 79.4. The Bertz CT molecular complexity index is 1410. The molecular weight excluding hydrogens is 522 g/mol. The number of rotatable bonds is 12. The van der Waals surface area contributed by atoms with Crippen molar-refractivity contribution in [1.82, 2.24) is 10.0 Å². The first kappa shape index (κ1) is 28.9. The Balaban J connectivity index is 1.79. The molecular formula is C26H30F2N2O5S2. The topological polar surface area (TPSA) is 113 Å². The van der Waals surface area contributed by atoms with Crippen LogP contribution in [0.1, 0.15) is 23.6 Å². The zero-order chi connectivity index (χ0) is 27.2. The van der Waals surface area contributed by atoms with E-state index in [9.17, 15) is 30.7 Å². The van der Waals surface area contributed by atoms with Gasteiger partial charge in [0.25, 0.3) is 0 Å². The lowest BCUT2D eigenvalue weighted by Crippen LogP contribution is -2.48. The van der Waals surface area contributed by atoms with Crippen molar-refractivity contribution in [2.24, 2.45) is 0 Å². The maximum atomic E-state index is 13.8. The van der Waals surface area contributed by atoms with Gasteiger partial charge in [0.1, 0.15) is 11.6 Å². The van der Waals surface area contributed by atoms with Crippen LogP contribution in [0.25, 0.3) is 0 Å². The van der Waals surface area contributed by atoms with E-state index in [0.29, 0.717) is 12.6 Å². The lowest BCUT2D eigenvalue weighted by molar-refractivity contribution is 0.134. The highest BCUT2D eigenvalue weighted by molar-refractivity contribution is 7.90. The van der Waals surface area contributed by atoms with E-state index in [4.69, 9.17) is 0 Å². The quantitative estimate of drug-likeness (QED) is 0.319. The monoisotopic (exact) mass is 552 g/mol. The summed E-state index contributed by atoms with van der Waals surface area (Å²) in [5.74, 6) is -1.65. The van der Waals surface area contributed by atoms with Crippen LogP contribution in [-0.4, -0.2) is 46.9 Å². The lowest BCUT2D eigenvalue weighted by atomic mass is 10.0. The number of sulfonamides is 1. The van der Waals surface area contributed by atoms with Crippen LogP contribution in [-0.2, 0) is 39.2 Å². The summed E-state index contributed by atoms with van der Waals surface area (Å²) in [7, 11) is -7.74. The molecule has 0 fully saturated rings. The maximum Gasteiger partial charge on any atom is 0.240 e. The van der Waals surface area contributed by atoms with Crippen molar-refractivity contribution in [1.29, 1.82) is 0 Å². The average molecular weight is 553 g/mol. The molecule has 0 heterocycles. The number of aryl methyl sites for hydroxylation is 1. The van der Waals surface area contributed by atoms with Crippen LogP contribution in [0.15, 0.2) is 76.5 Å².